The molecule has 3 rings (SSSR count). The molecule has 0 bridgehead atoms. The third kappa shape index (κ3) is 5.81. The lowest BCUT2D eigenvalue weighted by atomic mass is 10.1. The van der Waals surface area contributed by atoms with Gasteiger partial charge in [-0.2, -0.15) is 0 Å². The number of carbonyl (C=O) groups is 2. The molecule has 3 aromatic rings. The lowest BCUT2D eigenvalue weighted by molar-refractivity contribution is -0.117. The van der Waals surface area contributed by atoms with Gasteiger partial charge in [0.2, 0.25) is 11.7 Å². The molecule has 0 N–H and O–H groups in total. The fraction of sp³-hybridized carbons (Fsp3) is 0.261. The number of benzene rings is 2. The molecule has 0 radical (unpaired) electrons. The molecule has 8 heteroatoms. The van der Waals surface area contributed by atoms with Gasteiger partial charge in [0.05, 0.1) is 6.54 Å². The first-order chi connectivity index (χ1) is 15.1. The van der Waals surface area contributed by atoms with Gasteiger partial charge >= 0.3 is 0 Å². The zero-order chi connectivity index (χ0) is 22.1. The van der Waals surface area contributed by atoms with Crippen LogP contribution in [0.1, 0.15) is 47.1 Å². The van der Waals surface area contributed by atoms with Crippen LogP contribution >= 0.6 is 0 Å². The van der Waals surface area contributed by atoms with Gasteiger partial charge in [0.15, 0.2) is 5.69 Å². The van der Waals surface area contributed by atoms with Crippen molar-refractivity contribution in [3.8, 4) is 0 Å². The van der Waals surface area contributed by atoms with Crippen molar-refractivity contribution < 1.29 is 14.1 Å². The first-order valence-electron chi connectivity index (χ1n) is 10.1. The number of amides is 1. The summed E-state index contributed by atoms with van der Waals surface area (Å²) in [5.74, 6) is 0.116. The van der Waals surface area contributed by atoms with E-state index in [1.165, 1.54) is 4.90 Å². The topological polar surface area (TPSA) is 112 Å². The third-order valence-corrected chi connectivity index (χ3v) is 4.76. The van der Waals surface area contributed by atoms with Crippen LogP contribution in [0.25, 0.3) is 10.4 Å². The first-order valence-corrected chi connectivity index (χ1v) is 10.1. The van der Waals surface area contributed by atoms with Gasteiger partial charge in [-0.25, -0.2) is 0 Å². The predicted molar refractivity (Wildman–Crippen MR) is 117 cm³/mol. The summed E-state index contributed by atoms with van der Waals surface area (Å²) in [5, 5.41) is 7.27. The van der Waals surface area contributed by atoms with Crippen LogP contribution in [0.5, 0.6) is 0 Å². The van der Waals surface area contributed by atoms with Crippen molar-refractivity contribution in [2.45, 2.75) is 32.7 Å². The summed E-state index contributed by atoms with van der Waals surface area (Å²) in [5.41, 5.74) is 10.8. The van der Waals surface area contributed by atoms with Crippen molar-refractivity contribution in [1.29, 1.82) is 0 Å². The molecule has 8 nitrogen and oxygen atoms in total. The zero-order valence-electron chi connectivity index (χ0n) is 17.3. The fourth-order valence-corrected chi connectivity index (χ4v) is 3.10. The number of carbonyl (C=O) groups excluding carboxylic acids is 2. The van der Waals surface area contributed by atoms with E-state index < -0.39 is 0 Å². The summed E-state index contributed by atoms with van der Waals surface area (Å²) < 4.78 is 5.24. The van der Waals surface area contributed by atoms with Crippen molar-refractivity contribution >= 4 is 17.4 Å². The normalized spacial score (nSPS) is 10.4. The number of aryl methyl sites for hydroxylation is 1. The Hall–Kier alpha value is -3.90. The molecule has 31 heavy (non-hydrogen) atoms. The number of azide groups is 1. The van der Waals surface area contributed by atoms with Crippen LogP contribution in [-0.4, -0.2) is 23.4 Å². The molecule has 0 spiro atoms. The fourth-order valence-electron chi connectivity index (χ4n) is 3.10. The lowest BCUT2D eigenvalue weighted by Crippen LogP contribution is -2.32. The van der Waals surface area contributed by atoms with Gasteiger partial charge in [-0.3, -0.25) is 9.59 Å². The Balaban J connectivity index is 1.79. The van der Waals surface area contributed by atoms with Crippen LogP contribution < -0.4 is 4.90 Å². The first kappa shape index (κ1) is 21.8. The number of hydrogen-bond donors (Lipinski definition) is 0. The second-order valence-corrected chi connectivity index (χ2v) is 7.01. The average molecular weight is 417 g/mol. The molecule has 0 atom stereocenters. The molecule has 0 aliphatic heterocycles. The van der Waals surface area contributed by atoms with E-state index in [0.29, 0.717) is 23.6 Å². The highest BCUT2D eigenvalue weighted by atomic mass is 16.5. The maximum absolute atomic E-state index is 12.7. The predicted octanol–water partition coefficient (Wildman–Crippen LogP) is 5.09. The molecule has 0 saturated heterocycles. The van der Waals surface area contributed by atoms with Crippen LogP contribution in [0, 0.1) is 0 Å². The summed E-state index contributed by atoms with van der Waals surface area (Å²) in [7, 11) is 0. The second kappa shape index (κ2) is 10.8. The van der Waals surface area contributed by atoms with E-state index in [1.807, 2.05) is 30.3 Å². The minimum Gasteiger partial charge on any atom is -0.361 e. The van der Waals surface area contributed by atoms with Crippen LogP contribution in [0.3, 0.4) is 0 Å². The minimum atomic E-state index is -0.335. The molecule has 158 valence electrons. The Labute approximate surface area is 180 Å². The molecule has 0 aliphatic rings. The van der Waals surface area contributed by atoms with Gasteiger partial charge in [0.25, 0.3) is 0 Å². The van der Waals surface area contributed by atoms with E-state index in [2.05, 4.69) is 22.1 Å². The molecule has 1 amide bonds. The molecule has 0 unspecified atom stereocenters. The monoisotopic (exact) mass is 417 g/mol. The summed E-state index contributed by atoms with van der Waals surface area (Å²) in [6, 6.07) is 17.9. The molecule has 0 fully saturated rings. The van der Waals surface area contributed by atoms with Crippen molar-refractivity contribution in [3.63, 3.8) is 0 Å². The second-order valence-electron chi connectivity index (χ2n) is 7.01. The van der Waals surface area contributed by atoms with Gasteiger partial charge in [0.1, 0.15) is 12.3 Å². The van der Waals surface area contributed by atoms with Crippen molar-refractivity contribution in [1.82, 2.24) is 5.16 Å². The average Bonchev–Trinajstić information content (AvgIpc) is 3.29. The number of aromatic nitrogens is 1. The van der Waals surface area contributed by atoms with Crippen LogP contribution in [0.2, 0.25) is 0 Å². The third-order valence-electron chi connectivity index (χ3n) is 4.76. The van der Waals surface area contributed by atoms with E-state index in [9.17, 15) is 9.59 Å². The molecule has 1 heterocycles. The number of unbranched alkanes of at least 4 members (excludes halogenated alkanes) is 1. The number of ketones is 1. The van der Waals surface area contributed by atoms with E-state index in [4.69, 9.17) is 10.1 Å². The van der Waals surface area contributed by atoms with Crippen LogP contribution in [-0.2, 0) is 17.8 Å². The standard InChI is InChI=1S/C23H23N5O3/c1-2-3-9-20-14-21(26-31-20)23(30)18-10-12-19(13-11-18)28(22(29)15-25-27-24)16-17-7-5-4-6-8-17/h4-8,10-14H,2-3,9,15-16H2,1H3. The van der Waals surface area contributed by atoms with E-state index in [-0.39, 0.29) is 23.9 Å². The summed E-state index contributed by atoms with van der Waals surface area (Å²) in [6.07, 6.45) is 2.75. The van der Waals surface area contributed by atoms with Gasteiger partial charge in [-0.15, -0.1) is 0 Å². The SMILES string of the molecule is CCCCc1cc(C(=O)c2ccc(N(Cc3ccccc3)C(=O)CN=[N+]=[N-])cc2)no1. The van der Waals surface area contributed by atoms with Crippen LogP contribution in [0.15, 0.2) is 70.3 Å². The molecular weight excluding hydrogens is 394 g/mol. The Morgan fingerprint density at radius 3 is 2.55 bits per heavy atom. The number of hydrogen-bond acceptors (Lipinski definition) is 5. The number of rotatable bonds is 10. The van der Waals surface area contributed by atoms with Crippen molar-refractivity contribution in [2.24, 2.45) is 5.11 Å². The zero-order valence-corrected chi connectivity index (χ0v) is 17.3. The Bertz CT molecular complexity index is 1070. The van der Waals surface area contributed by atoms with Crippen molar-refractivity contribution in [2.75, 3.05) is 11.4 Å². The lowest BCUT2D eigenvalue weighted by Gasteiger charge is -2.22. The van der Waals surface area contributed by atoms with Gasteiger partial charge in [-0.1, -0.05) is 53.9 Å². The van der Waals surface area contributed by atoms with Gasteiger partial charge in [-0.05, 0) is 41.8 Å². The Morgan fingerprint density at radius 1 is 1.13 bits per heavy atom. The van der Waals surface area contributed by atoms with Gasteiger partial charge in [0, 0.05) is 28.6 Å². The Kier molecular flexibility index (Phi) is 7.56. The van der Waals surface area contributed by atoms with E-state index in [0.717, 1.165) is 24.8 Å². The van der Waals surface area contributed by atoms with Crippen LogP contribution in [0.4, 0.5) is 5.69 Å². The molecule has 0 saturated carbocycles. The van der Waals surface area contributed by atoms with Gasteiger partial charge < -0.3 is 9.42 Å². The highest BCUT2D eigenvalue weighted by Crippen LogP contribution is 2.21. The molecule has 0 aliphatic carbocycles. The minimum absolute atomic E-state index is 0.243. The Morgan fingerprint density at radius 2 is 1.87 bits per heavy atom. The quantitative estimate of drug-likeness (QED) is 0.198. The summed E-state index contributed by atoms with van der Waals surface area (Å²) in [4.78, 5) is 29.5. The molecule has 2 aromatic carbocycles. The maximum atomic E-state index is 12.7. The number of anilines is 1. The van der Waals surface area contributed by atoms with E-state index >= 15 is 0 Å². The van der Waals surface area contributed by atoms with E-state index in [1.54, 1.807) is 30.3 Å². The highest BCUT2D eigenvalue weighted by Gasteiger charge is 2.18. The smallest absolute Gasteiger partial charge is 0.233 e. The summed E-state index contributed by atoms with van der Waals surface area (Å²) in [6.45, 7) is 2.12. The number of nitrogens with zero attached hydrogens (tertiary/aromatic N) is 5. The molecule has 1 aromatic heterocycles. The molecular formula is C23H23N5O3. The highest BCUT2D eigenvalue weighted by molar-refractivity contribution is 6.08. The maximum Gasteiger partial charge on any atom is 0.233 e. The van der Waals surface area contributed by atoms with Crippen molar-refractivity contribution in [3.05, 3.63) is 93.7 Å². The largest absolute Gasteiger partial charge is 0.361 e. The summed E-state index contributed by atoms with van der Waals surface area (Å²) >= 11 is 0.